The first-order chi connectivity index (χ1) is 10.2. The molecule has 0 unspecified atom stereocenters. The van der Waals surface area contributed by atoms with Gasteiger partial charge in [0, 0.05) is 45.8 Å². The molecule has 3 nitrogen and oxygen atoms in total. The third-order valence-electron chi connectivity index (χ3n) is 4.51. The van der Waals surface area contributed by atoms with Crippen LogP contribution in [0.25, 0.3) is 10.8 Å². The predicted octanol–water partition coefficient (Wildman–Crippen LogP) is 3.66. The molecule has 5 heteroatoms. The summed E-state index contributed by atoms with van der Waals surface area (Å²) in [5, 5.41) is 2.44. The van der Waals surface area contributed by atoms with Crippen LogP contribution in [-0.2, 0) is 0 Å². The van der Waals surface area contributed by atoms with Crippen molar-refractivity contribution in [2.75, 3.05) is 30.8 Å². The SMILES string of the molecule is CSC1(CN)CCN(c2nccc3c(Br)cccc23)CC1. The van der Waals surface area contributed by atoms with Gasteiger partial charge < -0.3 is 10.6 Å². The van der Waals surface area contributed by atoms with Gasteiger partial charge >= 0.3 is 0 Å². The van der Waals surface area contributed by atoms with Crippen LogP contribution in [0.4, 0.5) is 5.82 Å². The second-order valence-corrected chi connectivity index (χ2v) is 7.68. The zero-order valence-corrected chi connectivity index (χ0v) is 14.6. The van der Waals surface area contributed by atoms with Crippen molar-refractivity contribution >= 4 is 44.3 Å². The Morgan fingerprint density at radius 1 is 1.29 bits per heavy atom. The second-order valence-electron chi connectivity index (χ2n) is 5.55. The van der Waals surface area contributed by atoms with Crippen LogP contribution in [-0.4, -0.2) is 35.6 Å². The van der Waals surface area contributed by atoms with Crippen molar-refractivity contribution in [2.24, 2.45) is 5.73 Å². The number of aromatic nitrogens is 1. The standard InChI is InChI=1S/C16H20BrN3S/c1-21-16(11-18)6-9-20(10-7-16)15-13-3-2-4-14(17)12(13)5-8-19-15/h2-5,8H,6-7,9-11,18H2,1H3. The van der Waals surface area contributed by atoms with Crippen molar-refractivity contribution in [2.45, 2.75) is 17.6 Å². The van der Waals surface area contributed by atoms with Gasteiger partial charge in [-0.15, -0.1) is 0 Å². The Balaban J connectivity index is 1.91. The summed E-state index contributed by atoms with van der Waals surface area (Å²) in [6.45, 7) is 2.81. The fourth-order valence-electron chi connectivity index (χ4n) is 3.02. The van der Waals surface area contributed by atoms with Crippen LogP contribution in [0.3, 0.4) is 0 Å². The molecule has 3 rings (SSSR count). The van der Waals surface area contributed by atoms with Crippen LogP contribution in [0.5, 0.6) is 0 Å². The van der Waals surface area contributed by atoms with E-state index in [-0.39, 0.29) is 4.75 Å². The van der Waals surface area contributed by atoms with E-state index in [1.54, 1.807) is 0 Å². The number of hydrogen-bond donors (Lipinski definition) is 1. The number of anilines is 1. The molecule has 1 aliphatic heterocycles. The molecule has 1 fully saturated rings. The number of pyridine rings is 1. The number of rotatable bonds is 3. The van der Waals surface area contributed by atoms with Gasteiger partial charge in [-0.1, -0.05) is 28.1 Å². The van der Waals surface area contributed by atoms with Gasteiger partial charge in [0.1, 0.15) is 5.82 Å². The molecule has 0 bridgehead atoms. The topological polar surface area (TPSA) is 42.1 Å². The molecule has 0 spiro atoms. The Labute approximate surface area is 138 Å². The molecule has 1 saturated heterocycles. The normalized spacial score (nSPS) is 18.1. The van der Waals surface area contributed by atoms with Crippen LogP contribution in [0, 0.1) is 0 Å². The lowest BCUT2D eigenvalue weighted by Crippen LogP contribution is -2.46. The zero-order chi connectivity index (χ0) is 14.9. The summed E-state index contributed by atoms with van der Waals surface area (Å²) in [6, 6.07) is 8.38. The number of halogens is 1. The Bertz CT molecular complexity index is 632. The number of fused-ring (bicyclic) bond motifs is 1. The molecule has 21 heavy (non-hydrogen) atoms. The van der Waals surface area contributed by atoms with E-state index in [0.29, 0.717) is 0 Å². The molecule has 2 aromatic rings. The van der Waals surface area contributed by atoms with Gasteiger partial charge in [0.25, 0.3) is 0 Å². The number of nitrogens with two attached hydrogens (primary N) is 1. The number of benzene rings is 1. The molecule has 0 saturated carbocycles. The lowest BCUT2D eigenvalue weighted by atomic mass is 9.95. The first kappa shape index (κ1) is 15.1. The third kappa shape index (κ3) is 2.79. The van der Waals surface area contributed by atoms with Crippen LogP contribution in [0.2, 0.25) is 0 Å². The predicted molar refractivity (Wildman–Crippen MR) is 96.2 cm³/mol. The highest BCUT2D eigenvalue weighted by molar-refractivity contribution is 9.10. The van der Waals surface area contributed by atoms with E-state index in [4.69, 9.17) is 5.73 Å². The summed E-state index contributed by atoms with van der Waals surface area (Å²) in [7, 11) is 0. The van der Waals surface area contributed by atoms with Crippen LogP contribution < -0.4 is 10.6 Å². The lowest BCUT2D eigenvalue weighted by molar-refractivity contribution is 0.456. The maximum Gasteiger partial charge on any atom is 0.136 e. The van der Waals surface area contributed by atoms with Gasteiger partial charge in [-0.25, -0.2) is 4.98 Å². The van der Waals surface area contributed by atoms with Gasteiger partial charge in [0.15, 0.2) is 0 Å². The largest absolute Gasteiger partial charge is 0.356 e. The summed E-state index contributed by atoms with van der Waals surface area (Å²) < 4.78 is 1.38. The Morgan fingerprint density at radius 2 is 2.05 bits per heavy atom. The molecule has 0 atom stereocenters. The van der Waals surface area contributed by atoms with E-state index >= 15 is 0 Å². The van der Waals surface area contributed by atoms with E-state index in [1.807, 2.05) is 18.0 Å². The molecule has 2 N–H and O–H groups in total. The number of piperidine rings is 1. The Kier molecular flexibility index (Phi) is 4.43. The fraction of sp³-hybridized carbons (Fsp3) is 0.438. The minimum Gasteiger partial charge on any atom is -0.356 e. The van der Waals surface area contributed by atoms with Crippen molar-refractivity contribution in [3.63, 3.8) is 0 Å². The molecule has 1 aromatic carbocycles. The lowest BCUT2D eigenvalue weighted by Gasteiger charge is -2.40. The smallest absolute Gasteiger partial charge is 0.136 e. The van der Waals surface area contributed by atoms with E-state index in [9.17, 15) is 0 Å². The maximum atomic E-state index is 5.98. The highest BCUT2D eigenvalue weighted by Crippen LogP contribution is 2.37. The first-order valence-electron chi connectivity index (χ1n) is 7.22. The van der Waals surface area contributed by atoms with Crippen LogP contribution in [0.1, 0.15) is 12.8 Å². The summed E-state index contributed by atoms with van der Waals surface area (Å²) in [4.78, 5) is 7.04. The zero-order valence-electron chi connectivity index (χ0n) is 12.2. The molecule has 1 aromatic heterocycles. The summed E-state index contributed by atoms with van der Waals surface area (Å²) in [6.07, 6.45) is 6.32. The Hall–Kier alpha value is -0.780. The fourth-order valence-corrected chi connectivity index (χ4v) is 4.28. The highest BCUT2D eigenvalue weighted by Gasteiger charge is 2.33. The van der Waals surface area contributed by atoms with Crippen LogP contribution >= 0.6 is 27.7 Å². The average Bonchev–Trinajstić information content (AvgIpc) is 2.55. The van der Waals surface area contributed by atoms with Crippen molar-refractivity contribution in [1.29, 1.82) is 0 Å². The highest BCUT2D eigenvalue weighted by atomic mass is 79.9. The molecule has 0 radical (unpaired) electrons. The minimum atomic E-state index is 0.252. The van der Waals surface area contributed by atoms with Crippen molar-refractivity contribution in [3.05, 3.63) is 34.9 Å². The van der Waals surface area contributed by atoms with Gasteiger partial charge in [0.2, 0.25) is 0 Å². The first-order valence-corrected chi connectivity index (χ1v) is 9.24. The quantitative estimate of drug-likeness (QED) is 0.900. The van der Waals surface area contributed by atoms with Gasteiger partial charge in [-0.3, -0.25) is 0 Å². The van der Waals surface area contributed by atoms with Crippen molar-refractivity contribution in [1.82, 2.24) is 4.98 Å². The summed E-state index contributed by atoms with van der Waals surface area (Å²) in [5.74, 6) is 1.10. The van der Waals surface area contributed by atoms with E-state index in [1.165, 1.54) is 10.8 Å². The van der Waals surface area contributed by atoms with Gasteiger partial charge in [-0.2, -0.15) is 11.8 Å². The Morgan fingerprint density at radius 3 is 2.71 bits per heavy atom. The minimum absolute atomic E-state index is 0.252. The van der Waals surface area contributed by atoms with E-state index < -0.39 is 0 Å². The average molecular weight is 366 g/mol. The number of hydrogen-bond acceptors (Lipinski definition) is 4. The molecule has 0 amide bonds. The third-order valence-corrected chi connectivity index (χ3v) is 6.64. The summed E-state index contributed by atoms with van der Waals surface area (Å²) >= 11 is 5.55. The molecular formula is C16H20BrN3S. The maximum absolute atomic E-state index is 5.98. The molecule has 0 aliphatic carbocycles. The molecule has 2 heterocycles. The van der Waals surface area contributed by atoms with E-state index in [2.05, 4.69) is 56.3 Å². The van der Waals surface area contributed by atoms with Crippen molar-refractivity contribution in [3.8, 4) is 0 Å². The number of thioether (sulfide) groups is 1. The van der Waals surface area contributed by atoms with E-state index in [0.717, 1.165) is 42.8 Å². The summed E-state index contributed by atoms with van der Waals surface area (Å²) in [5.41, 5.74) is 5.98. The van der Waals surface area contributed by atoms with Gasteiger partial charge in [-0.05, 0) is 31.2 Å². The molecule has 1 aliphatic rings. The second kappa shape index (κ2) is 6.15. The molecule has 112 valence electrons. The number of nitrogens with zero attached hydrogens (tertiary/aromatic N) is 2. The van der Waals surface area contributed by atoms with Crippen molar-refractivity contribution < 1.29 is 0 Å². The van der Waals surface area contributed by atoms with Gasteiger partial charge in [0.05, 0.1) is 0 Å². The molecular weight excluding hydrogens is 346 g/mol. The monoisotopic (exact) mass is 365 g/mol. The van der Waals surface area contributed by atoms with Crippen LogP contribution in [0.15, 0.2) is 34.9 Å².